The number of rotatable bonds is 5. The van der Waals surface area contributed by atoms with Gasteiger partial charge in [-0.2, -0.15) is 0 Å². The minimum absolute atomic E-state index is 0.169. The third-order valence-electron chi connectivity index (χ3n) is 3.73. The molecule has 1 saturated heterocycles. The molecule has 1 aliphatic rings. The van der Waals surface area contributed by atoms with E-state index in [-0.39, 0.29) is 11.4 Å². The first-order valence-corrected chi connectivity index (χ1v) is 7.49. The molecular weight excluding hydrogens is 238 g/mol. The molecule has 1 rings (SSSR count). The average Bonchev–Trinajstić information content (AvgIpc) is 2.33. The van der Waals surface area contributed by atoms with E-state index >= 15 is 0 Å². The average molecular weight is 269 g/mol. The first kappa shape index (κ1) is 16.4. The van der Waals surface area contributed by atoms with Crippen molar-refractivity contribution in [2.45, 2.75) is 58.0 Å². The van der Waals surface area contributed by atoms with Crippen molar-refractivity contribution in [1.82, 2.24) is 15.1 Å². The Labute approximate surface area is 118 Å². The summed E-state index contributed by atoms with van der Waals surface area (Å²) in [6.07, 6.45) is 4.47. The van der Waals surface area contributed by atoms with Crippen LogP contribution in [0.1, 0.15) is 46.5 Å². The van der Waals surface area contributed by atoms with Crippen LogP contribution in [0.5, 0.6) is 0 Å². The first-order valence-electron chi connectivity index (χ1n) is 7.49. The first-order chi connectivity index (χ1) is 8.79. The van der Waals surface area contributed by atoms with E-state index in [1.54, 1.807) is 4.90 Å². The van der Waals surface area contributed by atoms with Gasteiger partial charge < -0.3 is 10.2 Å². The number of amides is 1. The van der Waals surface area contributed by atoms with Crippen molar-refractivity contribution >= 4 is 5.91 Å². The van der Waals surface area contributed by atoms with E-state index in [0.29, 0.717) is 12.5 Å². The summed E-state index contributed by atoms with van der Waals surface area (Å²) in [6, 6.07) is 0.586. The van der Waals surface area contributed by atoms with E-state index in [1.165, 1.54) is 19.3 Å². The molecule has 1 heterocycles. The molecule has 0 bridgehead atoms. The molecule has 0 saturated carbocycles. The van der Waals surface area contributed by atoms with Crippen molar-refractivity contribution < 1.29 is 4.79 Å². The molecule has 112 valence electrons. The number of piperidine rings is 1. The summed E-state index contributed by atoms with van der Waals surface area (Å²) >= 11 is 0. The van der Waals surface area contributed by atoms with Gasteiger partial charge >= 0.3 is 0 Å². The van der Waals surface area contributed by atoms with Gasteiger partial charge in [0.2, 0.25) is 5.91 Å². The number of carbonyl (C=O) groups is 1. The van der Waals surface area contributed by atoms with Crippen LogP contribution in [0.3, 0.4) is 0 Å². The highest BCUT2D eigenvalue weighted by Gasteiger charge is 2.24. The van der Waals surface area contributed by atoms with Crippen molar-refractivity contribution in [1.29, 1.82) is 0 Å². The standard InChI is InChI=1S/C15H31N3O/c1-15(2,3)16-12-13-8-6-7-10-18(13)11-9-14(19)17(4)5/h13,16H,6-12H2,1-5H3. The number of likely N-dealkylation sites (tertiary alicyclic amines) is 1. The second-order valence-electron chi connectivity index (χ2n) is 6.85. The van der Waals surface area contributed by atoms with Gasteiger partial charge in [0.05, 0.1) is 0 Å². The van der Waals surface area contributed by atoms with Gasteiger partial charge in [-0.05, 0) is 40.2 Å². The monoisotopic (exact) mass is 269 g/mol. The van der Waals surface area contributed by atoms with Crippen LogP contribution < -0.4 is 5.32 Å². The largest absolute Gasteiger partial charge is 0.349 e. The Bertz CT molecular complexity index is 284. The predicted octanol–water partition coefficient (Wildman–Crippen LogP) is 1.71. The fourth-order valence-corrected chi connectivity index (χ4v) is 2.47. The van der Waals surface area contributed by atoms with Gasteiger partial charge in [-0.15, -0.1) is 0 Å². The third kappa shape index (κ3) is 6.39. The maximum absolute atomic E-state index is 11.7. The van der Waals surface area contributed by atoms with Gasteiger partial charge in [-0.1, -0.05) is 6.42 Å². The zero-order chi connectivity index (χ0) is 14.5. The van der Waals surface area contributed by atoms with Gasteiger partial charge in [0.25, 0.3) is 0 Å². The summed E-state index contributed by atoms with van der Waals surface area (Å²) in [5, 5.41) is 3.59. The predicted molar refractivity (Wildman–Crippen MR) is 80.3 cm³/mol. The van der Waals surface area contributed by atoms with Crippen LogP contribution in [0.4, 0.5) is 0 Å². The lowest BCUT2D eigenvalue weighted by Gasteiger charge is -2.37. The van der Waals surface area contributed by atoms with E-state index in [1.807, 2.05) is 14.1 Å². The number of nitrogens with one attached hydrogen (secondary N) is 1. The molecule has 0 aromatic heterocycles. The highest BCUT2D eigenvalue weighted by molar-refractivity contribution is 5.75. The lowest BCUT2D eigenvalue weighted by atomic mass is 10.00. The minimum atomic E-state index is 0.169. The molecule has 4 nitrogen and oxygen atoms in total. The fraction of sp³-hybridized carbons (Fsp3) is 0.933. The van der Waals surface area contributed by atoms with Crippen LogP contribution in [0, 0.1) is 0 Å². The summed E-state index contributed by atoms with van der Waals surface area (Å²) in [5.41, 5.74) is 0.169. The van der Waals surface area contributed by atoms with Crippen LogP contribution in [-0.4, -0.2) is 61.0 Å². The van der Waals surface area contributed by atoms with Crippen LogP contribution >= 0.6 is 0 Å². The Hall–Kier alpha value is -0.610. The highest BCUT2D eigenvalue weighted by Crippen LogP contribution is 2.17. The number of carbonyl (C=O) groups excluding carboxylic acids is 1. The Morgan fingerprint density at radius 1 is 1.32 bits per heavy atom. The van der Waals surface area contributed by atoms with Crippen molar-refractivity contribution in [3.63, 3.8) is 0 Å². The van der Waals surface area contributed by atoms with Crippen LogP contribution in [0.15, 0.2) is 0 Å². The molecule has 0 aromatic rings. The van der Waals surface area contributed by atoms with E-state index < -0.39 is 0 Å². The molecule has 19 heavy (non-hydrogen) atoms. The normalized spacial score (nSPS) is 21.4. The fourth-order valence-electron chi connectivity index (χ4n) is 2.47. The highest BCUT2D eigenvalue weighted by atomic mass is 16.2. The molecule has 1 atom stereocenters. The molecule has 0 spiro atoms. The Morgan fingerprint density at radius 3 is 2.58 bits per heavy atom. The third-order valence-corrected chi connectivity index (χ3v) is 3.73. The lowest BCUT2D eigenvalue weighted by molar-refractivity contribution is -0.129. The quantitative estimate of drug-likeness (QED) is 0.825. The van der Waals surface area contributed by atoms with E-state index in [9.17, 15) is 4.79 Å². The Morgan fingerprint density at radius 2 is 2.00 bits per heavy atom. The second kappa shape index (κ2) is 7.25. The molecule has 1 unspecified atom stereocenters. The maximum Gasteiger partial charge on any atom is 0.223 e. The van der Waals surface area contributed by atoms with E-state index in [0.717, 1.165) is 19.6 Å². The van der Waals surface area contributed by atoms with Gasteiger partial charge in [-0.25, -0.2) is 0 Å². The molecule has 0 aromatic carbocycles. The zero-order valence-electron chi connectivity index (χ0n) is 13.3. The van der Waals surface area contributed by atoms with Crippen molar-refractivity contribution in [3.8, 4) is 0 Å². The van der Waals surface area contributed by atoms with Gasteiger partial charge in [0.1, 0.15) is 0 Å². The number of hydrogen-bond donors (Lipinski definition) is 1. The van der Waals surface area contributed by atoms with Crippen LogP contribution in [-0.2, 0) is 4.79 Å². The molecule has 1 N–H and O–H groups in total. The summed E-state index contributed by atoms with van der Waals surface area (Å²) in [6.45, 7) is 9.67. The topological polar surface area (TPSA) is 35.6 Å². The summed E-state index contributed by atoms with van der Waals surface area (Å²) < 4.78 is 0. The molecule has 4 heteroatoms. The molecule has 1 aliphatic heterocycles. The minimum Gasteiger partial charge on any atom is -0.349 e. The Balaban J connectivity index is 2.41. The SMILES string of the molecule is CN(C)C(=O)CCN1CCCCC1CNC(C)(C)C. The zero-order valence-corrected chi connectivity index (χ0v) is 13.3. The second-order valence-corrected chi connectivity index (χ2v) is 6.85. The molecule has 0 radical (unpaired) electrons. The maximum atomic E-state index is 11.7. The molecule has 1 amide bonds. The number of nitrogens with zero attached hydrogens (tertiary/aromatic N) is 2. The van der Waals surface area contributed by atoms with Crippen molar-refractivity contribution in [2.75, 3.05) is 33.7 Å². The van der Waals surface area contributed by atoms with Crippen LogP contribution in [0.25, 0.3) is 0 Å². The summed E-state index contributed by atoms with van der Waals surface area (Å²) in [7, 11) is 3.66. The van der Waals surface area contributed by atoms with Crippen molar-refractivity contribution in [2.24, 2.45) is 0 Å². The van der Waals surface area contributed by atoms with Gasteiger partial charge in [-0.3, -0.25) is 9.69 Å². The van der Waals surface area contributed by atoms with Gasteiger partial charge in [0, 0.05) is 45.2 Å². The van der Waals surface area contributed by atoms with E-state index in [4.69, 9.17) is 0 Å². The van der Waals surface area contributed by atoms with Crippen LogP contribution in [0.2, 0.25) is 0 Å². The number of hydrogen-bond acceptors (Lipinski definition) is 3. The lowest BCUT2D eigenvalue weighted by Crippen LogP contribution is -2.50. The van der Waals surface area contributed by atoms with E-state index in [2.05, 4.69) is 31.0 Å². The van der Waals surface area contributed by atoms with Gasteiger partial charge in [0.15, 0.2) is 0 Å². The molecule has 0 aliphatic carbocycles. The van der Waals surface area contributed by atoms with Crippen molar-refractivity contribution in [3.05, 3.63) is 0 Å². The molecule has 1 fully saturated rings. The smallest absolute Gasteiger partial charge is 0.223 e. The Kier molecular flexibility index (Phi) is 6.27. The summed E-state index contributed by atoms with van der Waals surface area (Å²) in [4.78, 5) is 15.9. The molecular formula is C15H31N3O. The summed E-state index contributed by atoms with van der Waals surface area (Å²) in [5.74, 6) is 0.230.